The lowest BCUT2D eigenvalue weighted by molar-refractivity contribution is 0.0910. The molecule has 2 aromatic carbocycles. The highest BCUT2D eigenvalue weighted by molar-refractivity contribution is 6.07. The number of para-hydroxylation sites is 1. The highest BCUT2D eigenvalue weighted by atomic mass is 16.1. The SMILES string of the molecule is Cn1cc(C(=O)NC2CCN(Cc3ccccc3)CC2)c2ccccc21. The molecule has 1 aliphatic rings. The van der Waals surface area contributed by atoms with Crippen LogP contribution in [0.15, 0.2) is 60.8 Å². The van der Waals surface area contributed by atoms with Gasteiger partial charge in [0.05, 0.1) is 5.56 Å². The van der Waals surface area contributed by atoms with E-state index in [4.69, 9.17) is 0 Å². The van der Waals surface area contributed by atoms with Crippen molar-refractivity contribution in [1.29, 1.82) is 0 Å². The molecule has 1 aromatic heterocycles. The van der Waals surface area contributed by atoms with Crippen LogP contribution in [0.3, 0.4) is 0 Å². The van der Waals surface area contributed by atoms with Crippen molar-refractivity contribution in [3.63, 3.8) is 0 Å². The third-order valence-corrected chi connectivity index (χ3v) is 5.31. The summed E-state index contributed by atoms with van der Waals surface area (Å²) >= 11 is 0. The smallest absolute Gasteiger partial charge is 0.253 e. The molecule has 0 saturated carbocycles. The molecule has 4 rings (SSSR count). The van der Waals surface area contributed by atoms with Crippen molar-refractivity contribution in [3.8, 4) is 0 Å². The minimum absolute atomic E-state index is 0.0447. The highest BCUT2D eigenvalue weighted by Crippen LogP contribution is 2.21. The summed E-state index contributed by atoms with van der Waals surface area (Å²) in [5.74, 6) is 0.0447. The molecule has 134 valence electrons. The first kappa shape index (κ1) is 16.9. The number of carbonyl (C=O) groups is 1. The molecule has 4 heteroatoms. The van der Waals surface area contributed by atoms with Crippen LogP contribution in [0.1, 0.15) is 28.8 Å². The van der Waals surface area contributed by atoms with E-state index in [1.165, 1.54) is 5.56 Å². The number of hydrogen-bond donors (Lipinski definition) is 1. The number of rotatable bonds is 4. The van der Waals surface area contributed by atoms with Gasteiger partial charge in [-0.05, 0) is 24.5 Å². The minimum Gasteiger partial charge on any atom is -0.350 e. The Hall–Kier alpha value is -2.59. The van der Waals surface area contributed by atoms with Gasteiger partial charge in [0.25, 0.3) is 5.91 Å². The molecule has 1 aliphatic heterocycles. The van der Waals surface area contributed by atoms with Crippen LogP contribution in [0.2, 0.25) is 0 Å². The highest BCUT2D eigenvalue weighted by Gasteiger charge is 2.22. The fourth-order valence-corrected chi connectivity index (χ4v) is 3.86. The number of fused-ring (bicyclic) bond motifs is 1. The summed E-state index contributed by atoms with van der Waals surface area (Å²) in [4.78, 5) is 15.2. The van der Waals surface area contributed by atoms with Gasteiger partial charge in [-0.25, -0.2) is 0 Å². The normalized spacial score (nSPS) is 16.0. The monoisotopic (exact) mass is 347 g/mol. The quantitative estimate of drug-likeness (QED) is 0.783. The van der Waals surface area contributed by atoms with E-state index >= 15 is 0 Å². The second-order valence-electron chi connectivity index (χ2n) is 7.18. The molecule has 0 atom stereocenters. The molecule has 0 radical (unpaired) electrons. The summed E-state index contributed by atoms with van der Waals surface area (Å²) in [5.41, 5.74) is 3.22. The van der Waals surface area contributed by atoms with Crippen molar-refractivity contribution < 1.29 is 4.79 Å². The Bertz CT molecular complexity index is 892. The predicted octanol–water partition coefficient (Wildman–Crippen LogP) is 3.57. The Morgan fingerprint density at radius 1 is 1.04 bits per heavy atom. The molecule has 0 unspecified atom stereocenters. The second kappa shape index (κ2) is 7.34. The molecule has 2 heterocycles. The van der Waals surface area contributed by atoms with E-state index in [1.54, 1.807) is 0 Å². The maximum atomic E-state index is 12.8. The average molecular weight is 347 g/mol. The van der Waals surface area contributed by atoms with E-state index in [0.717, 1.165) is 48.9 Å². The number of amides is 1. The van der Waals surface area contributed by atoms with Crippen molar-refractivity contribution in [3.05, 3.63) is 71.9 Å². The fraction of sp³-hybridized carbons (Fsp3) is 0.318. The van der Waals surface area contributed by atoms with Crippen molar-refractivity contribution in [2.45, 2.75) is 25.4 Å². The van der Waals surface area contributed by atoms with E-state index < -0.39 is 0 Å². The third-order valence-electron chi connectivity index (χ3n) is 5.31. The molecule has 1 amide bonds. The third kappa shape index (κ3) is 3.51. The number of nitrogens with one attached hydrogen (secondary N) is 1. The van der Waals surface area contributed by atoms with Gasteiger partial charge in [-0.2, -0.15) is 0 Å². The van der Waals surface area contributed by atoms with Crippen LogP contribution in [-0.2, 0) is 13.6 Å². The summed E-state index contributed by atoms with van der Waals surface area (Å²) < 4.78 is 2.02. The molecular weight excluding hydrogens is 322 g/mol. The Morgan fingerprint density at radius 3 is 2.50 bits per heavy atom. The first-order chi connectivity index (χ1) is 12.7. The van der Waals surface area contributed by atoms with Gasteiger partial charge in [-0.3, -0.25) is 9.69 Å². The summed E-state index contributed by atoms with van der Waals surface area (Å²) in [5, 5.41) is 4.27. The number of aryl methyl sites for hydroxylation is 1. The first-order valence-electron chi connectivity index (χ1n) is 9.32. The van der Waals surface area contributed by atoms with Crippen LogP contribution in [0.25, 0.3) is 10.9 Å². The molecule has 26 heavy (non-hydrogen) atoms. The maximum absolute atomic E-state index is 12.8. The van der Waals surface area contributed by atoms with Crippen LogP contribution >= 0.6 is 0 Å². The second-order valence-corrected chi connectivity index (χ2v) is 7.18. The Balaban J connectivity index is 1.36. The average Bonchev–Trinajstić information content (AvgIpc) is 3.01. The molecule has 0 aliphatic carbocycles. The molecule has 1 saturated heterocycles. The number of piperidine rings is 1. The fourth-order valence-electron chi connectivity index (χ4n) is 3.86. The van der Waals surface area contributed by atoms with Crippen molar-refractivity contribution >= 4 is 16.8 Å². The summed E-state index contributed by atoms with van der Waals surface area (Å²) in [6, 6.07) is 18.9. The van der Waals surface area contributed by atoms with Gasteiger partial charge < -0.3 is 9.88 Å². The van der Waals surface area contributed by atoms with Crippen LogP contribution < -0.4 is 5.32 Å². The van der Waals surface area contributed by atoms with E-state index in [1.807, 2.05) is 42.1 Å². The topological polar surface area (TPSA) is 37.3 Å². The van der Waals surface area contributed by atoms with Crippen LogP contribution in [0, 0.1) is 0 Å². The van der Waals surface area contributed by atoms with Crippen molar-refractivity contribution in [2.75, 3.05) is 13.1 Å². The zero-order valence-corrected chi connectivity index (χ0v) is 15.2. The number of aromatic nitrogens is 1. The van der Waals surface area contributed by atoms with Gasteiger partial charge in [0.15, 0.2) is 0 Å². The van der Waals surface area contributed by atoms with Crippen LogP contribution in [-0.4, -0.2) is 34.5 Å². The summed E-state index contributed by atoms with van der Waals surface area (Å²) in [6.07, 6.45) is 3.94. The van der Waals surface area contributed by atoms with Crippen molar-refractivity contribution in [1.82, 2.24) is 14.8 Å². The molecule has 0 bridgehead atoms. The zero-order chi connectivity index (χ0) is 17.9. The van der Waals surface area contributed by atoms with Gasteiger partial charge in [-0.15, -0.1) is 0 Å². The maximum Gasteiger partial charge on any atom is 0.253 e. The standard InChI is InChI=1S/C22H25N3O/c1-24-16-20(19-9-5-6-10-21(19)24)22(26)23-18-11-13-25(14-12-18)15-17-7-3-2-4-8-17/h2-10,16,18H,11-15H2,1H3,(H,23,26). The van der Waals surface area contributed by atoms with E-state index in [9.17, 15) is 4.79 Å². The Labute approximate surface area is 154 Å². The lowest BCUT2D eigenvalue weighted by Crippen LogP contribution is -2.44. The van der Waals surface area contributed by atoms with Gasteiger partial charge in [0, 0.05) is 49.8 Å². The van der Waals surface area contributed by atoms with Gasteiger partial charge >= 0.3 is 0 Å². The first-order valence-corrected chi connectivity index (χ1v) is 9.32. The molecule has 0 spiro atoms. The summed E-state index contributed by atoms with van der Waals surface area (Å²) in [6.45, 7) is 3.04. The minimum atomic E-state index is 0.0447. The lowest BCUT2D eigenvalue weighted by Gasteiger charge is -2.32. The van der Waals surface area contributed by atoms with Crippen LogP contribution in [0.4, 0.5) is 0 Å². The van der Waals surface area contributed by atoms with Gasteiger partial charge in [0.2, 0.25) is 0 Å². The number of likely N-dealkylation sites (tertiary alicyclic amines) is 1. The Morgan fingerprint density at radius 2 is 1.73 bits per heavy atom. The largest absolute Gasteiger partial charge is 0.350 e. The number of nitrogens with zero attached hydrogens (tertiary/aromatic N) is 2. The van der Waals surface area contributed by atoms with Crippen LogP contribution in [0.5, 0.6) is 0 Å². The zero-order valence-electron chi connectivity index (χ0n) is 15.2. The molecular formula is C22H25N3O. The molecule has 4 nitrogen and oxygen atoms in total. The van der Waals surface area contributed by atoms with E-state index in [2.05, 4.69) is 40.5 Å². The molecule has 3 aromatic rings. The van der Waals surface area contributed by atoms with Gasteiger partial charge in [0.1, 0.15) is 0 Å². The predicted molar refractivity (Wildman–Crippen MR) is 105 cm³/mol. The lowest BCUT2D eigenvalue weighted by atomic mass is 10.0. The van der Waals surface area contributed by atoms with Crippen molar-refractivity contribution in [2.24, 2.45) is 7.05 Å². The molecule has 1 N–H and O–H groups in total. The van der Waals surface area contributed by atoms with E-state index in [-0.39, 0.29) is 11.9 Å². The summed E-state index contributed by atoms with van der Waals surface area (Å²) in [7, 11) is 1.99. The Kier molecular flexibility index (Phi) is 4.76. The van der Waals surface area contributed by atoms with Gasteiger partial charge in [-0.1, -0.05) is 48.5 Å². The van der Waals surface area contributed by atoms with E-state index in [0.29, 0.717) is 0 Å². The number of hydrogen-bond acceptors (Lipinski definition) is 2. The number of benzene rings is 2. The number of carbonyl (C=O) groups excluding carboxylic acids is 1. The molecule has 1 fully saturated rings.